The van der Waals surface area contributed by atoms with E-state index in [1.54, 1.807) is 12.1 Å². The van der Waals surface area contributed by atoms with E-state index in [-0.39, 0.29) is 35.5 Å². The average Bonchev–Trinajstić information content (AvgIpc) is 3.30. The maximum Gasteiger partial charge on any atom is 0.251 e. The highest BCUT2D eigenvalue weighted by Gasteiger charge is 2.28. The van der Waals surface area contributed by atoms with Crippen LogP contribution in [0.15, 0.2) is 23.1 Å². The number of benzene rings is 1. The summed E-state index contributed by atoms with van der Waals surface area (Å²) in [5, 5.41) is 5.59. The number of carbonyl (C=O) groups is 2. The third-order valence-corrected chi connectivity index (χ3v) is 5.08. The van der Waals surface area contributed by atoms with Gasteiger partial charge in [0.15, 0.2) is 0 Å². The molecular formula is C15H20ClN3O2S. The van der Waals surface area contributed by atoms with Crippen molar-refractivity contribution >= 4 is 41.7 Å². The van der Waals surface area contributed by atoms with Crippen LogP contribution in [0.25, 0.3) is 0 Å². The number of rotatable bonds is 4. The van der Waals surface area contributed by atoms with Crippen molar-refractivity contribution in [3.05, 3.63) is 23.8 Å². The molecule has 1 aromatic carbocycles. The van der Waals surface area contributed by atoms with Crippen molar-refractivity contribution in [3.63, 3.8) is 0 Å². The maximum atomic E-state index is 12.1. The Hall–Kier alpha value is -1.24. The quantitative estimate of drug-likeness (QED) is 0.782. The number of carbonyl (C=O) groups excluding carboxylic acids is 2. The minimum atomic E-state index is -0.147. The Morgan fingerprint density at radius 1 is 1.50 bits per heavy atom. The highest BCUT2D eigenvalue weighted by atomic mass is 35.5. The van der Waals surface area contributed by atoms with E-state index in [9.17, 15) is 9.59 Å². The topological polar surface area (TPSA) is 84.2 Å². The fourth-order valence-corrected chi connectivity index (χ4v) is 3.28. The van der Waals surface area contributed by atoms with Crippen LogP contribution in [-0.2, 0) is 4.79 Å². The van der Waals surface area contributed by atoms with Crippen LogP contribution in [-0.4, -0.2) is 29.7 Å². The summed E-state index contributed by atoms with van der Waals surface area (Å²) in [6.07, 6.45) is 2.33. The molecule has 2 aliphatic rings. The Kier molecular flexibility index (Phi) is 5.36. The first-order chi connectivity index (χ1) is 10.0. The summed E-state index contributed by atoms with van der Waals surface area (Å²) in [4.78, 5) is 24.8. The van der Waals surface area contributed by atoms with Gasteiger partial charge in [-0.25, -0.2) is 0 Å². The van der Waals surface area contributed by atoms with Gasteiger partial charge in [0.05, 0.1) is 10.9 Å². The Bertz CT molecular complexity index is 592. The second-order valence-electron chi connectivity index (χ2n) is 5.67. The molecule has 1 heterocycles. The molecule has 0 bridgehead atoms. The minimum Gasteiger partial charge on any atom is -0.350 e. The van der Waals surface area contributed by atoms with E-state index in [0.717, 1.165) is 17.7 Å². The van der Waals surface area contributed by atoms with Crippen molar-refractivity contribution in [2.75, 3.05) is 11.9 Å². The van der Waals surface area contributed by atoms with Gasteiger partial charge in [0.25, 0.3) is 5.91 Å². The van der Waals surface area contributed by atoms with Crippen molar-refractivity contribution < 1.29 is 9.59 Å². The predicted molar refractivity (Wildman–Crippen MR) is 90.7 cm³/mol. The largest absolute Gasteiger partial charge is 0.350 e. The van der Waals surface area contributed by atoms with E-state index in [1.165, 1.54) is 11.8 Å². The predicted octanol–water partition coefficient (Wildman–Crippen LogP) is 2.01. The van der Waals surface area contributed by atoms with Crippen LogP contribution in [0.1, 0.15) is 30.1 Å². The molecule has 0 spiro atoms. The molecule has 2 amide bonds. The number of hydrogen-bond acceptors (Lipinski definition) is 4. The van der Waals surface area contributed by atoms with Gasteiger partial charge >= 0.3 is 0 Å². The highest BCUT2D eigenvalue weighted by Crippen LogP contribution is 2.36. The van der Waals surface area contributed by atoms with E-state index in [2.05, 4.69) is 10.6 Å². The number of hydrogen-bond donors (Lipinski definition) is 3. The van der Waals surface area contributed by atoms with Gasteiger partial charge in [-0.3, -0.25) is 9.59 Å². The minimum absolute atomic E-state index is 0. The van der Waals surface area contributed by atoms with Crippen LogP contribution >= 0.6 is 24.2 Å². The normalized spacial score (nSPS) is 21.2. The number of nitrogens with two attached hydrogens (primary N) is 1. The van der Waals surface area contributed by atoms with Crippen LogP contribution in [0.4, 0.5) is 5.69 Å². The molecule has 3 rings (SSSR count). The smallest absolute Gasteiger partial charge is 0.251 e. The monoisotopic (exact) mass is 341 g/mol. The first-order valence-corrected chi connectivity index (χ1v) is 8.08. The van der Waals surface area contributed by atoms with Gasteiger partial charge in [-0.2, -0.15) is 0 Å². The zero-order valence-corrected chi connectivity index (χ0v) is 13.9. The summed E-state index contributed by atoms with van der Waals surface area (Å²) in [5.74, 6) is 0.388. The van der Waals surface area contributed by atoms with Gasteiger partial charge in [-0.1, -0.05) is 0 Å². The fourth-order valence-electron chi connectivity index (χ4n) is 2.35. The second-order valence-corrected chi connectivity index (χ2v) is 7.05. The summed E-state index contributed by atoms with van der Waals surface area (Å²) in [7, 11) is 0. The van der Waals surface area contributed by atoms with E-state index >= 15 is 0 Å². The number of amides is 2. The van der Waals surface area contributed by atoms with Crippen molar-refractivity contribution in [3.8, 4) is 0 Å². The van der Waals surface area contributed by atoms with Gasteiger partial charge in [0.1, 0.15) is 0 Å². The number of halogens is 1. The molecule has 2 atom stereocenters. The lowest BCUT2D eigenvalue weighted by atomic mass is 10.1. The van der Waals surface area contributed by atoms with E-state index in [0.29, 0.717) is 23.7 Å². The van der Waals surface area contributed by atoms with Crippen molar-refractivity contribution in [2.45, 2.75) is 36.0 Å². The number of nitrogens with one attached hydrogen (secondary N) is 2. The zero-order valence-electron chi connectivity index (χ0n) is 12.3. The fraction of sp³-hybridized carbons (Fsp3) is 0.467. The van der Waals surface area contributed by atoms with Gasteiger partial charge < -0.3 is 16.4 Å². The van der Waals surface area contributed by atoms with Crippen LogP contribution in [0, 0.1) is 5.92 Å². The van der Waals surface area contributed by atoms with Gasteiger partial charge in [0, 0.05) is 23.0 Å². The Balaban J connectivity index is 0.00000176. The van der Waals surface area contributed by atoms with Crippen molar-refractivity contribution in [1.82, 2.24) is 5.32 Å². The molecule has 4 N–H and O–H groups in total. The van der Waals surface area contributed by atoms with Crippen LogP contribution in [0.5, 0.6) is 0 Å². The zero-order chi connectivity index (χ0) is 15.0. The van der Waals surface area contributed by atoms with Gasteiger partial charge in [-0.15, -0.1) is 24.2 Å². The average molecular weight is 342 g/mol. The van der Waals surface area contributed by atoms with Gasteiger partial charge in [-0.05, 0) is 43.9 Å². The number of anilines is 1. The van der Waals surface area contributed by atoms with Gasteiger partial charge in [0.2, 0.25) is 5.91 Å². The lowest BCUT2D eigenvalue weighted by molar-refractivity contribution is -0.115. The van der Waals surface area contributed by atoms with Crippen molar-refractivity contribution in [2.24, 2.45) is 11.7 Å². The SMILES string of the molecule is CC1Sc2ccc(C(=O)NCC(N)C3CC3)cc2NC1=O.Cl. The lowest BCUT2D eigenvalue weighted by Crippen LogP contribution is -2.38. The van der Waals surface area contributed by atoms with E-state index in [1.807, 2.05) is 13.0 Å². The van der Waals surface area contributed by atoms with Crippen LogP contribution in [0.3, 0.4) is 0 Å². The molecule has 1 saturated carbocycles. The first kappa shape index (κ1) is 17.1. The third-order valence-electron chi connectivity index (χ3n) is 3.90. The molecule has 0 saturated heterocycles. The molecule has 1 aliphatic carbocycles. The standard InChI is InChI=1S/C15H19N3O2S.ClH/c1-8-14(19)18-12-6-10(4-5-13(12)21-8)15(20)17-7-11(16)9-2-3-9;/h4-6,8-9,11H,2-3,7,16H2,1H3,(H,17,20)(H,18,19);1H. The second kappa shape index (κ2) is 6.89. The summed E-state index contributed by atoms with van der Waals surface area (Å²) in [6, 6.07) is 5.44. The maximum absolute atomic E-state index is 12.1. The third kappa shape index (κ3) is 3.74. The molecule has 1 fully saturated rings. The molecule has 1 aliphatic heterocycles. The Morgan fingerprint density at radius 3 is 2.91 bits per heavy atom. The first-order valence-electron chi connectivity index (χ1n) is 7.20. The Labute approximate surface area is 140 Å². The summed E-state index contributed by atoms with van der Waals surface area (Å²) < 4.78 is 0. The molecule has 2 unspecified atom stereocenters. The van der Waals surface area contributed by atoms with E-state index in [4.69, 9.17) is 5.73 Å². The summed E-state index contributed by atoms with van der Waals surface area (Å²) in [5.41, 5.74) is 7.23. The highest BCUT2D eigenvalue weighted by molar-refractivity contribution is 8.00. The van der Waals surface area contributed by atoms with E-state index < -0.39 is 0 Å². The molecule has 0 radical (unpaired) electrons. The van der Waals surface area contributed by atoms with Crippen LogP contribution in [0.2, 0.25) is 0 Å². The summed E-state index contributed by atoms with van der Waals surface area (Å²) in [6.45, 7) is 2.36. The van der Waals surface area contributed by atoms with Crippen LogP contribution < -0.4 is 16.4 Å². The molecule has 120 valence electrons. The van der Waals surface area contributed by atoms with Crippen molar-refractivity contribution in [1.29, 1.82) is 0 Å². The molecule has 0 aromatic heterocycles. The molecular weight excluding hydrogens is 322 g/mol. The lowest BCUT2D eigenvalue weighted by Gasteiger charge is -2.21. The molecule has 5 nitrogen and oxygen atoms in total. The Morgan fingerprint density at radius 2 is 2.23 bits per heavy atom. The summed E-state index contributed by atoms with van der Waals surface area (Å²) >= 11 is 1.51. The molecule has 22 heavy (non-hydrogen) atoms. The number of thioether (sulfide) groups is 1. The number of fused-ring (bicyclic) bond motifs is 1. The molecule has 1 aromatic rings. The molecule has 7 heteroatoms.